The number of aryl methyl sites for hydroxylation is 1. The number of benzene rings is 2. The summed E-state index contributed by atoms with van der Waals surface area (Å²) in [6.07, 6.45) is 0. The SMILES string of the molecule is Cc1ccc(Cl)c2sc(N3CCN(CCNC(=O)COc4ccc(Cl)cc4)CC3)nc12. The van der Waals surface area contributed by atoms with Gasteiger partial charge < -0.3 is 15.0 Å². The van der Waals surface area contributed by atoms with Crippen molar-refractivity contribution in [3.63, 3.8) is 0 Å². The fourth-order valence-electron chi connectivity index (χ4n) is 3.47. The van der Waals surface area contributed by atoms with Crippen LogP contribution in [-0.2, 0) is 4.79 Å². The molecule has 9 heteroatoms. The van der Waals surface area contributed by atoms with Crippen molar-refractivity contribution in [3.8, 4) is 5.75 Å². The zero-order valence-electron chi connectivity index (χ0n) is 17.2. The molecule has 1 fully saturated rings. The first kappa shape index (κ1) is 22.1. The molecular formula is C22H24Cl2N4O2S. The Bertz CT molecular complexity index is 1010. The van der Waals surface area contributed by atoms with E-state index in [1.54, 1.807) is 35.6 Å². The lowest BCUT2D eigenvalue weighted by molar-refractivity contribution is -0.123. The molecule has 1 aliphatic rings. The van der Waals surface area contributed by atoms with E-state index in [4.69, 9.17) is 32.9 Å². The molecule has 1 saturated heterocycles. The lowest BCUT2D eigenvalue weighted by Crippen LogP contribution is -2.48. The summed E-state index contributed by atoms with van der Waals surface area (Å²) in [7, 11) is 0. The van der Waals surface area contributed by atoms with Crippen LogP contribution in [0, 0.1) is 6.92 Å². The number of carbonyl (C=O) groups is 1. The number of rotatable bonds is 7. The van der Waals surface area contributed by atoms with Gasteiger partial charge in [-0.05, 0) is 42.8 Å². The zero-order valence-corrected chi connectivity index (χ0v) is 19.6. The second kappa shape index (κ2) is 10.0. The molecule has 1 amide bonds. The first-order valence-electron chi connectivity index (χ1n) is 10.2. The Kier molecular flexibility index (Phi) is 7.17. The van der Waals surface area contributed by atoms with Gasteiger partial charge in [0.15, 0.2) is 11.7 Å². The molecule has 1 N–H and O–H groups in total. The van der Waals surface area contributed by atoms with E-state index in [1.165, 1.54) is 0 Å². The summed E-state index contributed by atoms with van der Waals surface area (Å²) in [5, 5.41) is 5.34. The van der Waals surface area contributed by atoms with Crippen molar-refractivity contribution in [1.82, 2.24) is 15.2 Å². The van der Waals surface area contributed by atoms with Crippen LogP contribution in [0.4, 0.5) is 5.13 Å². The van der Waals surface area contributed by atoms with Crippen LogP contribution >= 0.6 is 34.5 Å². The van der Waals surface area contributed by atoms with Crippen molar-refractivity contribution in [3.05, 3.63) is 52.0 Å². The Morgan fingerprint density at radius 3 is 2.58 bits per heavy atom. The number of thiazole rings is 1. The second-order valence-electron chi connectivity index (χ2n) is 7.46. The number of carbonyl (C=O) groups excluding carboxylic acids is 1. The number of hydrogen-bond acceptors (Lipinski definition) is 6. The smallest absolute Gasteiger partial charge is 0.257 e. The summed E-state index contributed by atoms with van der Waals surface area (Å²) in [6.45, 7) is 7.14. The average Bonchev–Trinajstić information content (AvgIpc) is 3.23. The highest BCUT2D eigenvalue weighted by molar-refractivity contribution is 7.22. The van der Waals surface area contributed by atoms with E-state index in [0.29, 0.717) is 17.3 Å². The van der Waals surface area contributed by atoms with Gasteiger partial charge in [0.05, 0.1) is 15.2 Å². The molecule has 0 radical (unpaired) electrons. The van der Waals surface area contributed by atoms with Gasteiger partial charge in [0.1, 0.15) is 5.75 Å². The Balaban J connectivity index is 1.19. The van der Waals surface area contributed by atoms with Gasteiger partial charge in [0, 0.05) is 44.3 Å². The minimum Gasteiger partial charge on any atom is -0.484 e. The number of anilines is 1. The number of halogens is 2. The van der Waals surface area contributed by atoms with Crippen LogP contribution in [0.1, 0.15) is 5.56 Å². The van der Waals surface area contributed by atoms with E-state index in [2.05, 4.69) is 22.0 Å². The predicted octanol–water partition coefficient (Wildman–Crippen LogP) is 4.23. The van der Waals surface area contributed by atoms with Gasteiger partial charge in [-0.2, -0.15) is 0 Å². The third-order valence-corrected chi connectivity index (χ3v) is 7.09. The number of piperazine rings is 1. The molecule has 164 valence electrons. The van der Waals surface area contributed by atoms with Gasteiger partial charge in [-0.3, -0.25) is 9.69 Å². The Morgan fingerprint density at radius 2 is 1.87 bits per heavy atom. The number of hydrogen-bond donors (Lipinski definition) is 1. The molecule has 1 aromatic heterocycles. The molecule has 6 nitrogen and oxygen atoms in total. The number of ether oxygens (including phenoxy) is 1. The van der Waals surface area contributed by atoms with E-state index in [9.17, 15) is 4.79 Å². The number of nitrogens with one attached hydrogen (secondary N) is 1. The van der Waals surface area contributed by atoms with Crippen molar-refractivity contribution in [2.24, 2.45) is 0 Å². The van der Waals surface area contributed by atoms with Crippen LogP contribution in [0.2, 0.25) is 10.0 Å². The summed E-state index contributed by atoms with van der Waals surface area (Å²) < 4.78 is 6.52. The minimum absolute atomic E-state index is 0.00497. The van der Waals surface area contributed by atoms with Crippen LogP contribution < -0.4 is 15.0 Å². The number of amides is 1. The quantitative estimate of drug-likeness (QED) is 0.550. The molecule has 0 bridgehead atoms. The van der Waals surface area contributed by atoms with Gasteiger partial charge in [-0.15, -0.1) is 0 Å². The molecule has 31 heavy (non-hydrogen) atoms. The monoisotopic (exact) mass is 478 g/mol. The van der Waals surface area contributed by atoms with Crippen LogP contribution in [0.15, 0.2) is 36.4 Å². The highest BCUT2D eigenvalue weighted by Gasteiger charge is 2.20. The van der Waals surface area contributed by atoms with Crippen molar-refractivity contribution in [1.29, 1.82) is 0 Å². The lowest BCUT2D eigenvalue weighted by atomic mass is 10.2. The lowest BCUT2D eigenvalue weighted by Gasteiger charge is -2.34. The summed E-state index contributed by atoms with van der Waals surface area (Å²) in [5.74, 6) is 0.498. The van der Waals surface area contributed by atoms with Gasteiger partial charge in [-0.25, -0.2) is 4.98 Å². The van der Waals surface area contributed by atoms with E-state index >= 15 is 0 Å². The highest BCUT2D eigenvalue weighted by Crippen LogP contribution is 2.35. The number of nitrogens with zero attached hydrogens (tertiary/aromatic N) is 3. The third kappa shape index (κ3) is 5.60. The van der Waals surface area contributed by atoms with Gasteiger partial charge in [0.25, 0.3) is 5.91 Å². The maximum Gasteiger partial charge on any atom is 0.257 e. The van der Waals surface area contributed by atoms with Crippen molar-refractivity contribution in [2.75, 3.05) is 50.8 Å². The summed E-state index contributed by atoms with van der Waals surface area (Å²) in [4.78, 5) is 21.5. The van der Waals surface area contributed by atoms with Crippen LogP contribution in [-0.4, -0.2) is 61.7 Å². The first-order valence-corrected chi connectivity index (χ1v) is 11.7. The summed E-state index contributed by atoms with van der Waals surface area (Å²) >= 11 is 13.8. The van der Waals surface area contributed by atoms with Crippen LogP contribution in [0.25, 0.3) is 10.2 Å². The van der Waals surface area contributed by atoms with E-state index in [0.717, 1.165) is 58.7 Å². The molecule has 0 saturated carbocycles. The largest absolute Gasteiger partial charge is 0.484 e. The maximum absolute atomic E-state index is 12.0. The second-order valence-corrected chi connectivity index (χ2v) is 9.28. The third-order valence-electron chi connectivity index (χ3n) is 5.26. The molecule has 1 aliphatic heterocycles. The van der Waals surface area contributed by atoms with Crippen LogP contribution in [0.5, 0.6) is 5.75 Å². The summed E-state index contributed by atoms with van der Waals surface area (Å²) in [5.41, 5.74) is 2.15. The molecule has 3 aromatic rings. The molecule has 0 unspecified atom stereocenters. The molecular weight excluding hydrogens is 455 g/mol. The maximum atomic E-state index is 12.0. The van der Waals surface area contributed by atoms with Crippen LogP contribution in [0.3, 0.4) is 0 Å². The summed E-state index contributed by atoms with van der Waals surface area (Å²) in [6, 6.07) is 10.9. The van der Waals surface area contributed by atoms with E-state index < -0.39 is 0 Å². The van der Waals surface area contributed by atoms with E-state index in [1.807, 2.05) is 12.1 Å². The molecule has 0 atom stereocenters. The zero-order chi connectivity index (χ0) is 21.8. The first-order chi connectivity index (χ1) is 15.0. The van der Waals surface area contributed by atoms with Crippen molar-refractivity contribution >= 4 is 55.8 Å². The predicted molar refractivity (Wildman–Crippen MR) is 128 cm³/mol. The standard InChI is InChI=1S/C22H24Cl2N4O2S/c1-15-2-7-18(24)21-20(15)26-22(31-21)28-12-10-27(11-13-28)9-8-25-19(29)14-30-17-5-3-16(23)4-6-17/h2-7H,8-14H2,1H3,(H,25,29). The minimum atomic E-state index is -0.129. The molecule has 0 spiro atoms. The van der Waals surface area contributed by atoms with Crippen molar-refractivity contribution < 1.29 is 9.53 Å². The normalized spacial score (nSPS) is 14.7. The number of fused-ring (bicyclic) bond motifs is 1. The molecule has 2 heterocycles. The molecule has 2 aromatic carbocycles. The van der Waals surface area contributed by atoms with E-state index in [-0.39, 0.29) is 12.5 Å². The van der Waals surface area contributed by atoms with Gasteiger partial charge >= 0.3 is 0 Å². The molecule has 4 rings (SSSR count). The Labute approximate surface area is 195 Å². The fraction of sp³-hybridized carbons (Fsp3) is 0.364. The highest BCUT2D eigenvalue weighted by atomic mass is 35.5. The van der Waals surface area contributed by atoms with Gasteiger partial charge in [0.2, 0.25) is 0 Å². The van der Waals surface area contributed by atoms with Gasteiger partial charge in [-0.1, -0.05) is 40.6 Å². The average molecular weight is 479 g/mol. The Hall–Kier alpha value is -2.06. The molecule has 0 aliphatic carbocycles. The number of aromatic nitrogens is 1. The Morgan fingerprint density at radius 1 is 1.13 bits per heavy atom. The van der Waals surface area contributed by atoms with Crippen molar-refractivity contribution in [2.45, 2.75) is 6.92 Å². The fourth-order valence-corrected chi connectivity index (χ4v) is 4.97. The topological polar surface area (TPSA) is 57.7 Å².